The molecule has 2 aromatic carbocycles. The number of rotatable bonds is 3. The second-order valence-electron chi connectivity index (χ2n) is 4.62. The molecule has 2 aromatic rings. The average Bonchev–Trinajstić information content (AvgIpc) is 2.89. The molecule has 1 aliphatic rings. The van der Waals surface area contributed by atoms with Crippen molar-refractivity contribution in [1.82, 2.24) is 0 Å². The van der Waals surface area contributed by atoms with Crippen LogP contribution in [0.3, 0.4) is 0 Å². The number of hydrogen-bond donors (Lipinski definition) is 0. The third-order valence-corrected chi connectivity index (χ3v) is 4.35. The largest absolute Gasteiger partial charge is 0.402 e. The summed E-state index contributed by atoms with van der Waals surface area (Å²) in [4.78, 5) is 17.4. The van der Waals surface area contributed by atoms with Gasteiger partial charge in [0.1, 0.15) is 0 Å². The van der Waals surface area contributed by atoms with Crippen LogP contribution in [0.15, 0.2) is 68.6 Å². The first-order valence-corrected chi connectivity index (χ1v) is 8.60. The van der Waals surface area contributed by atoms with Crippen LogP contribution in [0.4, 0.5) is 0 Å². The Morgan fingerprint density at radius 1 is 1.18 bits per heavy atom. The van der Waals surface area contributed by atoms with E-state index >= 15 is 0 Å². The molecular weight excluding hydrogens is 362 g/mol. The van der Waals surface area contributed by atoms with Gasteiger partial charge in [-0.05, 0) is 48.2 Å². The van der Waals surface area contributed by atoms with Crippen LogP contribution >= 0.6 is 27.7 Å². The Morgan fingerprint density at radius 2 is 1.95 bits per heavy atom. The zero-order chi connectivity index (χ0) is 15.5. The minimum absolute atomic E-state index is 0.312. The number of nitrogens with zero attached hydrogens (tertiary/aromatic N) is 1. The molecule has 0 N–H and O–H groups in total. The van der Waals surface area contributed by atoms with Gasteiger partial charge in [0.05, 0.1) is 0 Å². The molecule has 0 saturated heterocycles. The summed E-state index contributed by atoms with van der Waals surface area (Å²) in [6.45, 7) is 0. The van der Waals surface area contributed by atoms with Crippen LogP contribution < -0.4 is 0 Å². The van der Waals surface area contributed by atoms with Crippen LogP contribution in [-0.2, 0) is 9.53 Å². The van der Waals surface area contributed by atoms with E-state index in [0.717, 1.165) is 15.6 Å². The highest BCUT2D eigenvalue weighted by atomic mass is 79.9. The molecule has 0 atom stereocenters. The number of ether oxygens (including phenoxy) is 1. The van der Waals surface area contributed by atoms with Crippen molar-refractivity contribution in [2.24, 2.45) is 4.99 Å². The third-order valence-electron chi connectivity index (χ3n) is 3.11. The van der Waals surface area contributed by atoms with Crippen LogP contribution in [0.25, 0.3) is 6.08 Å². The van der Waals surface area contributed by atoms with Gasteiger partial charge in [0, 0.05) is 14.9 Å². The van der Waals surface area contributed by atoms with Gasteiger partial charge in [-0.15, -0.1) is 11.8 Å². The summed E-state index contributed by atoms with van der Waals surface area (Å²) < 4.78 is 6.16. The number of esters is 1. The van der Waals surface area contributed by atoms with Gasteiger partial charge in [-0.1, -0.05) is 34.1 Å². The van der Waals surface area contributed by atoms with Crippen LogP contribution in [-0.4, -0.2) is 18.1 Å². The van der Waals surface area contributed by atoms with Crippen molar-refractivity contribution < 1.29 is 9.53 Å². The Labute approximate surface area is 141 Å². The van der Waals surface area contributed by atoms with Crippen LogP contribution in [0.2, 0.25) is 0 Å². The lowest BCUT2D eigenvalue weighted by Gasteiger charge is -1.99. The number of benzene rings is 2. The Morgan fingerprint density at radius 3 is 2.64 bits per heavy atom. The maximum atomic E-state index is 11.9. The molecule has 0 fully saturated rings. The topological polar surface area (TPSA) is 38.7 Å². The third kappa shape index (κ3) is 3.31. The molecule has 22 heavy (non-hydrogen) atoms. The molecule has 3 rings (SSSR count). The van der Waals surface area contributed by atoms with Crippen molar-refractivity contribution in [2.75, 3.05) is 6.26 Å². The standard InChI is InChI=1S/C17H12BrNO2S/c1-22-14-7-5-11(6-8-14)9-15-17(20)21-16(19-15)12-3-2-4-13(18)10-12/h2-10H,1H3/b15-9+. The fourth-order valence-corrected chi connectivity index (χ4v) is 2.82. The molecule has 0 aromatic heterocycles. The second-order valence-corrected chi connectivity index (χ2v) is 6.41. The molecule has 3 nitrogen and oxygen atoms in total. The van der Waals surface area contributed by atoms with E-state index in [2.05, 4.69) is 20.9 Å². The summed E-state index contributed by atoms with van der Waals surface area (Å²) >= 11 is 5.07. The first-order chi connectivity index (χ1) is 10.7. The second kappa shape index (κ2) is 6.50. The Hall–Kier alpha value is -1.85. The van der Waals surface area contributed by atoms with Crippen molar-refractivity contribution in [3.05, 3.63) is 69.8 Å². The maximum absolute atomic E-state index is 11.9. The lowest BCUT2D eigenvalue weighted by Crippen LogP contribution is -2.05. The summed E-state index contributed by atoms with van der Waals surface area (Å²) in [5.41, 5.74) is 2.00. The van der Waals surface area contributed by atoms with Crippen molar-refractivity contribution >= 4 is 45.6 Å². The minimum Gasteiger partial charge on any atom is -0.402 e. The van der Waals surface area contributed by atoms with Gasteiger partial charge in [0.15, 0.2) is 5.70 Å². The lowest BCUT2D eigenvalue weighted by molar-refractivity contribution is -0.129. The highest BCUT2D eigenvalue weighted by Gasteiger charge is 2.24. The first-order valence-electron chi connectivity index (χ1n) is 6.58. The lowest BCUT2D eigenvalue weighted by atomic mass is 10.2. The van der Waals surface area contributed by atoms with Gasteiger partial charge >= 0.3 is 5.97 Å². The van der Waals surface area contributed by atoms with Crippen molar-refractivity contribution in [2.45, 2.75) is 4.90 Å². The molecule has 0 spiro atoms. The van der Waals surface area contributed by atoms with Crippen LogP contribution in [0.5, 0.6) is 0 Å². The molecule has 0 unspecified atom stereocenters. The normalized spacial score (nSPS) is 15.8. The van der Waals surface area contributed by atoms with E-state index in [1.165, 1.54) is 4.90 Å². The molecule has 5 heteroatoms. The van der Waals surface area contributed by atoms with Gasteiger partial charge in [-0.25, -0.2) is 9.79 Å². The Bertz CT molecular complexity index is 782. The molecular formula is C17H12BrNO2S. The van der Waals surface area contributed by atoms with Gasteiger partial charge in [0.2, 0.25) is 5.90 Å². The molecule has 1 aliphatic heterocycles. The summed E-state index contributed by atoms with van der Waals surface area (Å²) in [6.07, 6.45) is 3.76. The van der Waals surface area contributed by atoms with Gasteiger partial charge in [-0.2, -0.15) is 0 Å². The summed E-state index contributed by atoms with van der Waals surface area (Å²) in [7, 11) is 0. The molecule has 0 aliphatic carbocycles. The highest BCUT2D eigenvalue weighted by molar-refractivity contribution is 9.10. The number of thioether (sulfide) groups is 1. The van der Waals surface area contributed by atoms with E-state index in [1.807, 2.05) is 54.8 Å². The van der Waals surface area contributed by atoms with Gasteiger partial charge < -0.3 is 4.74 Å². The number of hydrogen-bond acceptors (Lipinski definition) is 4. The zero-order valence-corrected chi connectivity index (χ0v) is 14.1. The average molecular weight is 374 g/mol. The quantitative estimate of drug-likeness (QED) is 0.451. The van der Waals surface area contributed by atoms with Gasteiger partial charge in [-0.3, -0.25) is 0 Å². The Balaban J connectivity index is 1.90. The molecule has 0 bridgehead atoms. The van der Waals surface area contributed by atoms with Crippen LogP contribution in [0, 0.1) is 0 Å². The summed E-state index contributed by atoms with van der Waals surface area (Å²) in [6, 6.07) is 15.4. The predicted octanol–water partition coefficient (Wildman–Crippen LogP) is 4.52. The van der Waals surface area contributed by atoms with E-state index in [0.29, 0.717) is 11.6 Å². The minimum atomic E-state index is -0.427. The maximum Gasteiger partial charge on any atom is 0.363 e. The van der Waals surface area contributed by atoms with Gasteiger partial charge in [0.25, 0.3) is 0 Å². The number of halogens is 1. The van der Waals surface area contributed by atoms with Crippen LogP contribution in [0.1, 0.15) is 11.1 Å². The number of aliphatic imine (C=N–C) groups is 1. The van der Waals surface area contributed by atoms with E-state index in [1.54, 1.807) is 17.8 Å². The first kappa shape index (κ1) is 15.1. The van der Waals surface area contributed by atoms with E-state index in [-0.39, 0.29) is 0 Å². The van der Waals surface area contributed by atoms with E-state index < -0.39 is 5.97 Å². The zero-order valence-electron chi connectivity index (χ0n) is 11.7. The molecule has 0 radical (unpaired) electrons. The SMILES string of the molecule is CSc1ccc(/C=C2/N=C(c3cccc(Br)c3)OC2=O)cc1. The van der Waals surface area contributed by atoms with Crippen molar-refractivity contribution in [3.8, 4) is 0 Å². The number of cyclic esters (lactones) is 1. The smallest absolute Gasteiger partial charge is 0.363 e. The molecule has 0 amide bonds. The Kier molecular flexibility index (Phi) is 4.45. The molecule has 1 heterocycles. The molecule has 110 valence electrons. The van der Waals surface area contributed by atoms with E-state index in [9.17, 15) is 4.79 Å². The fourth-order valence-electron chi connectivity index (χ4n) is 2.01. The number of carbonyl (C=O) groups excluding carboxylic acids is 1. The highest BCUT2D eigenvalue weighted by Crippen LogP contribution is 2.22. The fraction of sp³-hybridized carbons (Fsp3) is 0.0588. The van der Waals surface area contributed by atoms with E-state index in [4.69, 9.17) is 4.74 Å². The van der Waals surface area contributed by atoms with Crippen molar-refractivity contribution in [1.29, 1.82) is 0 Å². The van der Waals surface area contributed by atoms with Crippen molar-refractivity contribution in [3.63, 3.8) is 0 Å². The number of carbonyl (C=O) groups is 1. The summed E-state index contributed by atoms with van der Waals surface area (Å²) in [5.74, 6) is -0.0952. The predicted molar refractivity (Wildman–Crippen MR) is 93.0 cm³/mol. The monoisotopic (exact) mass is 373 g/mol. The summed E-state index contributed by atoms with van der Waals surface area (Å²) in [5, 5.41) is 0. The molecule has 0 saturated carbocycles.